The van der Waals surface area contributed by atoms with E-state index in [2.05, 4.69) is 35.8 Å². The van der Waals surface area contributed by atoms with Crippen LogP contribution in [0.1, 0.15) is 50.2 Å². The summed E-state index contributed by atoms with van der Waals surface area (Å²) in [4.78, 5) is 0. The average molecular weight is 340 g/mol. The molecule has 0 radical (unpaired) electrons. The molecule has 3 nitrogen and oxygen atoms in total. The maximum absolute atomic E-state index is 6.11. The first-order chi connectivity index (χ1) is 9.59. The van der Waals surface area contributed by atoms with Gasteiger partial charge in [0.1, 0.15) is 13.2 Å². The quantitative estimate of drug-likeness (QED) is 0.912. The van der Waals surface area contributed by atoms with Crippen molar-refractivity contribution in [2.75, 3.05) is 19.8 Å². The Bertz CT molecular complexity index is 518. The van der Waals surface area contributed by atoms with Crippen LogP contribution in [0.15, 0.2) is 10.5 Å². The van der Waals surface area contributed by atoms with Crippen LogP contribution >= 0.6 is 15.9 Å². The Morgan fingerprint density at radius 1 is 1.30 bits per heavy atom. The van der Waals surface area contributed by atoms with Gasteiger partial charge in [0.15, 0.2) is 11.5 Å². The van der Waals surface area contributed by atoms with Crippen LogP contribution in [0.4, 0.5) is 0 Å². The van der Waals surface area contributed by atoms with Crippen molar-refractivity contribution in [1.29, 1.82) is 0 Å². The van der Waals surface area contributed by atoms with Gasteiger partial charge in [-0.2, -0.15) is 0 Å². The molecule has 1 fully saturated rings. The van der Waals surface area contributed by atoms with Crippen molar-refractivity contribution in [2.24, 2.45) is 5.73 Å². The molecule has 20 heavy (non-hydrogen) atoms. The first kappa shape index (κ1) is 14.2. The lowest BCUT2D eigenvalue weighted by Crippen LogP contribution is -2.42. The summed E-state index contributed by atoms with van der Waals surface area (Å²) in [7, 11) is 0. The zero-order valence-electron chi connectivity index (χ0n) is 12.2. The minimum absolute atomic E-state index is 0.137. The second-order valence-electron chi connectivity index (χ2n) is 6.17. The Balaban J connectivity index is 2.19. The lowest BCUT2D eigenvalue weighted by atomic mass is 9.62. The molecule has 0 bridgehead atoms. The molecule has 1 aliphatic carbocycles. The number of ether oxygens (including phenoxy) is 2. The molecular weight excluding hydrogens is 318 g/mol. The lowest BCUT2D eigenvalue weighted by molar-refractivity contribution is 0.168. The van der Waals surface area contributed by atoms with Gasteiger partial charge in [0.2, 0.25) is 0 Å². The fourth-order valence-corrected chi connectivity index (χ4v) is 4.33. The van der Waals surface area contributed by atoms with Gasteiger partial charge in [0, 0.05) is 12.0 Å². The first-order valence-electron chi connectivity index (χ1n) is 7.41. The molecule has 2 N–H and O–H groups in total. The van der Waals surface area contributed by atoms with Gasteiger partial charge in [-0.15, -0.1) is 0 Å². The minimum atomic E-state index is 0.137. The highest BCUT2D eigenvalue weighted by atomic mass is 79.9. The average Bonchev–Trinajstić information content (AvgIpc) is 2.38. The molecule has 1 aromatic carbocycles. The predicted molar refractivity (Wildman–Crippen MR) is 83.8 cm³/mol. The van der Waals surface area contributed by atoms with E-state index in [0.29, 0.717) is 25.7 Å². The van der Waals surface area contributed by atoms with E-state index in [4.69, 9.17) is 15.2 Å². The zero-order chi connectivity index (χ0) is 14.3. The molecule has 0 saturated heterocycles. The van der Waals surface area contributed by atoms with E-state index in [1.54, 1.807) is 0 Å². The molecule has 1 heterocycles. The standard InChI is InChI=1S/C16H22BrNO2/c1-10(2)13-11(16(9-18)4-3-5-16)8-12-15(14(13)17)20-7-6-19-12/h8,10H,3-7,9,18H2,1-2H3. The van der Waals surface area contributed by atoms with Gasteiger partial charge < -0.3 is 15.2 Å². The fourth-order valence-electron chi connectivity index (χ4n) is 3.35. The Kier molecular flexibility index (Phi) is 3.71. The lowest BCUT2D eigenvalue weighted by Gasteiger charge is -2.44. The van der Waals surface area contributed by atoms with E-state index in [0.717, 1.165) is 16.0 Å². The Morgan fingerprint density at radius 3 is 2.55 bits per heavy atom. The van der Waals surface area contributed by atoms with E-state index in [1.807, 2.05) is 0 Å². The van der Waals surface area contributed by atoms with Gasteiger partial charge in [0.25, 0.3) is 0 Å². The van der Waals surface area contributed by atoms with Crippen molar-refractivity contribution in [2.45, 2.75) is 44.4 Å². The Morgan fingerprint density at radius 2 is 2.00 bits per heavy atom. The first-order valence-corrected chi connectivity index (χ1v) is 8.21. The maximum atomic E-state index is 6.11. The SMILES string of the molecule is CC(C)c1c(C2(CN)CCC2)cc2c(c1Br)OCCO2. The molecule has 0 amide bonds. The van der Waals surface area contributed by atoms with Crippen LogP contribution in [-0.4, -0.2) is 19.8 Å². The van der Waals surface area contributed by atoms with Crippen LogP contribution in [-0.2, 0) is 5.41 Å². The number of fused-ring (bicyclic) bond motifs is 1. The van der Waals surface area contributed by atoms with Crippen LogP contribution in [0.5, 0.6) is 11.5 Å². The summed E-state index contributed by atoms with van der Waals surface area (Å²) in [5.41, 5.74) is 8.94. The van der Waals surface area contributed by atoms with Crippen LogP contribution in [0.25, 0.3) is 0 Å². The third-order valence-electron chi connectivity index (χ3n) is 4.66. The predicted octanol–water partition coefficient (Wildman–Crippen LogP) is 3.72. The molecular formula is C16H22BrNO2. The fraction of sp³-hybridized carbons (Fsp3) is 0.625. The van der Waals surface area contributed by atoms with Crippen molar-refractivity contribution in [3.8, 4) is 11.5 Å². The van der Waals surface area contributed by atoms with Crippen molar-refractivity contribution in [3.63, 3.8) is 0 Å². The van der Waals surface area contributed by atoms with Gasteiger partial charge >= 0.3 is 0 Å². The zero-order valence-corrected chi connectivity index (χ0v) is 13.8. The largest absolute Gasteiger partial charge is 0.486 e. The van der Waals surface area contributed by atoms with Gasteiger partial charge in [0.05, 0.1) is 4.47 Å². The third kappa shape index (κ3) is 2.04. The molecule has 2 aliphatic rings. The molecule has 3 rings (SSSR count). The maximum Gasteiger partial charge on any atom is 0.175 e. The van der Waals surface area contributed by atoms with Crippen molar-refractivity contribution >= 4 is 15.9 Å². The number of hydrogen-bond acceptors (Lipinski definition) is 3. The molecule has 4 heteroatoms. The van der Waals surface area contributed by atoms with Crippen molar-refractivity contribution < 1.29 is 9.47 Å². The van der Waals surface area contributed by atoms with E-state index in [9.17, 15) is 0 Å². The highest BCUT2D eigenvalue weighted by Crippen LogP contribution is 2.52. The molecule has 1 saturated carbocycles. The van der Waals surface area contributed by atoms with Gasteiger partial charge in [-0.05, 0) is 51.9 Å². The summed E-state index contributed by atoms with van der Waals surface area (Å²) < 4.78 is 12.6. The molecule has 0 aromatic heterocycles. The molecule has 110 valence electrons. The topological polar surface area (TPSA) is 44.5 Å². The number of rotatable bonds is 3. The monoisotopic (exact) mass is 339 g/mol. The Hall–Kier alpha value is -0.740. The summed E-state index contributed by atoms with van der Waals surface area (Å²) >= 11 is 3.75. The molecule has 0 spiro atoms. The number of benzene rings is 1. The van der Waals surface area contributed by atoms with Crippen LogP contribution in [0, 0.1) is 0 Å². The normalized spacial score (nSPS) is 19.9. The van der Waals surface area contributed by atoms with Crippen molar-refractivity contribution in [3.05, 3.63) is 21.7 Å². The van der Waals surface area contributed by atoms with Crippen LogP contribution in [0.3, 0.4) is 0 Å². The summed E-state index contributed by atoms with van der Waals surface area (Å²) in [6, 6.07) is 2.18. The smallest absolute Gasteiger partial charge is 0.175 e. The highest BCUT2D eigenvalue weighted by molar-refractivity contribution is 9.10. The molecule has 1 aromatic rings. The molecule has 0 atom stereocenters. The number of nitrogens with two attached hydrogens (primary N) is 1. The molecule has 1 aliphatic heterocycles. The summed E-state index contributed by atoms with van der Waals surface area (Å²) in [5.74, 6) is 2.15. The van der Waals surface area contributed by atoms with Gasteiger partial charge in [-0.25, -0.2) is 0 Å². The molecule has 0 unspecified atom stereocenters. The second-order valence-corrected chi connectivity index (χ2v) is 6.96. The van der Waals surface area contributed by atoms with Gasteiger partial charge in [-0.3, -0.25) is 0 Å². The van der Waals surface area contributed by atoms with Crippen LogP contribution in [0.2, 0.25) is 0 Å². The Labute approximate surface area is 129 Å². The van der Waals surface area contributed by atoms with E-state index in [-0.39, 0.29) is 5.41 Å². The third-order valence-corrected chi connectivity index (χ3v) is 5.45. The van der Waals surface area contributed by atoms with Gasteiger partial charge in [-0.1, -0.05) is 20.3 Å². The minimum Gasteiger partial charge on any atom is -0.486 e. The highest BCUT2D eigenvalue weighted by Gasteiger charge is 2.41. The summed E-state index contributed by atoms with van der Waals surface area (Å²) in [6.07, 6.45) is 3.62. The second kappa shape index (κ2) is 5.23. The van der Waals surface area contributed by atoms with E-state index >= 15 is 0 Å². The van der Waals surface area contributed by atoms with E-state index in [1.165, 1.54) is 30.4 Å². The van der Waals surface area contributed by atoms with Crippen LogP contribution < -0.4 is 15.2 Å². The number of halogens is 1. The summed E-state index contributed by atoms with van der Waals surface area (Å²) in [5, 5.41) is 0. The van der Waals surface area contributed by atoms with E-state index < -0.39 is 0 Å². The van der Waals surface area contributed by atoms with Crippen molar-refractivity contribution in [1.82, 2.24) is 0 Å². The summed E-state index contributed by atoms with van der Waals surface area (Å²) in [6.45, 7) is 6.39. The number of hydrogen-bond donors (Lipinski definition) is 1.